The van der Waals surface area contributed by atoms with E-state index in [-0.39, 0.29) is 0 Å². The second-order valence-electron chi connectivity index (χ2n) is 5.12. The second kappa shape index (κ2) is 5.52. The van der Waals surface area contributed by atoms with E-state index in [2.05, 4.69) is 20.4 Å². The van der Waals surface area contributed by atoms with Gasteiger partial charge in [0.2, 0.25) is 11.7 Å². The van der Waals surface area contributed by atoms with Crippen molar-refractivity contribution in [3.63, 3.8) is 0 Å². The summed E-state index contributed by atoms with van der Waals surface area (Å²) >= 11 is 0. The molecule has 1 atom stereocenters. The van der Waals surface area contributed by atoms with Crippen molar-refractivity contribution in [1.82, 2.24) is 25.0 Å². The molecule has 0 bridgehead atoms. The van der Waals surface area contributed by atoms with E-state index in [4.69, 9.17) is 4.52 Å². The number of piperidine rings is 1. The molecule has 1 unspecified atom stereocenters. The highest BCUT2D eigenvalue weighted by molar-refractivity contribution is 5.42. The van der Waals surface area contributed by atoms with Gasteiger partial charge in [-0.3, -0.25) is 0 Å². The SMILES string of the molecule is Cn1ccnc1-c1noc(CCC2CCCNC2)n1. The van der Waals surface area contributed by atoms with Crippen molar-refractivity contribution in [2.45, 2.75) is 25.7 Å². The summed E-state index contributed by atoms with van der Waals surface area (Å²) in [6, 6.07) is 0. The number of nitrogens with zero attached hydrogens (tertiary/aromatic N) is 4. The third kappa shape index (κ3) is 2.84. The van der Waals surface area contributed by atoms with Gasteiger partial charge in [0, 0.05) is 25.9 Å². The largest absolute Gasteiger partial charge is 0.339 e. The van der Waals surface area contributed by atoms with Crippen LogP contribution in [0.3, 0.4) is 0 Å². The lowest BCUT2D eigenvalue weighted by Crippen LogP contribution is -2.29. The summed E-state index contributed by atoms with van der Waals surface area (Å²) in [6.45, 7) is 2.26. The van der Waals surface area contributed by atoms with E-state index in [9.17, 15) is 0 Å². The molecule has 102 valence electrons. The maximum atomic E-state index is 5.30. The van der Waals surface area contributed by atoms with Crippen molar-refractivity contribution in [3.05, 3.63) is 18.3 Å². The molecule has 0 spiro atoms. The topological polar surface area (TPSA) is 68.8 Å². The lowest BCUT2D eigenvalue weighted by Gasteiger charge is -2.21. The first-order chi connectivity index (χ1) is 9.33. The van der Waals surface area contributed by atoms with Crippen LogP contribution < -0.4 is 5.32 Å². The van der Waals surface area contributed by atoms with Gasteiger partial charge >= 0.3 is 0 Å². The molecule has 0 amide bonds. The lowest BCUT2D eigenvalue weighted by molar-refractivity contribution is 0.327. The molecule has 6 heteroatoms. The molecule has 1 saturated heterocycles. The van der Waals surface area contributed by atoms with Crippen LogP contribution >= 0.6 is 0 Å². The normalized spacial score (nSPS) is 19.7. The molecule has 6 nitrogen and oxygen atoms in total. The van der Waals surface area contributed by atoms with Crippen LogP contribution in [-0.2, 0) is 13.5 Å². The molecule has 1 N–H and O–H groups in total. The number of imidazole rings is 1. The summed E-state index contributed by atoms with van der Waals surface area (Å²) in [4.78, 5) is 8.63. The zero-order chi connectivity index (χ0) is 13.1. The maximum Gasteiger partial charge on any atom is 0.238 e. The highest BCUT2D eigenvalue weighted by Crippen LogP contribution is 2.18. The van der Waals surface area contributed by atoms with Crippen LogP contribution in [0.15, 0.2) is 16.9 Å². The van der Waals surface area contributed by atoms with Gasteiger partial charge in [-0.05, 0) is 38.3 Å². The Morgan fingerprint density at radius 1 is 1.53 bits per heavy atom. The molecular formula is C13H19N5O. The molecule has 3 heterocycles. The molecule has 0 aliphatic carbocycles. The molecule has 1 aliphatic rings. The fourth-order valence-corrected chi connectivity index (χ4v) is 2.53. The summed E-state index contributed by atoms with van der Waals surface area (Å²) in [6.07, 6.45) is 8.14. The predicted octanol–water partition coefficient (Wildman–Crippen LogP) is 1.40. The Bertz CT molecular complexity index is 527. The van der Waals surface area contributed by atoms with Crippen molar-refractivity contribution in [2.75, 3.05) is 13.1 Å². The van der Waals surface area contributed by atoms with Gasteiger partial charge in [0.25, 0.3) is 0 Å². The Labute approximate surface area is 112 Å². The van der Waals surface area contributed by atoms with Crippen molar-refractivity contribution >= 4 is 0 Å². The van der Waals surface area contributed by atoms with Gasteiger partial charge in [-0.1, -0.05) is 5.16 Å². The number of aryl methyl sites for hydroxylation is 2. The van der Waals surface area contributed by atoms with Gasteiger partial charge in [-0.15, -0.1) is 0 Å². The average molecular weight is 261 g/mol. The first kappa shape index (κ1) is 12.3. The fourth-order valence-electron chi connectivity index (χ4n) is 2.53. The van der Waals surface area contributed by atoms with E-state index in [0.29, 0.717) is 11.7 Å². The van der Waals surface area contributed by atoms with Gasteiger partial charge in [-0.25, -0.2) is 4.98 Å². The summed E-state index contributed by atoms with van der Waals surface area (Å²) < 4.78 is 7.19. The van der Waals surface area contributed by atoms with Gasteiger partial charge in [-0.2, -0.15) is 4.98 Å². The Kier molecular flexibility index (Phi) is 3.59. The quantitative estimate of drug-likeness (QED) is 0.901. The predicted molar refractivity (Wildman–Crippen MR) is 70.4 cm³/mol. The zero-order valence-electron chi connectivity index (χ0n) is 11.2. The lowest BCUT2D eigenvalue weighted by atomic mass is 9.95. The first-order valence-electron chi connectivity index (χ1n) is 6.84. The molecule has 0 radical (unpaired) electrons. The van der Waals surface area contributed by atoms with E-state index in [0.717, 1.165) is 37.7 Å². The minimum atomic E-state index is 0.573. The van der Waals surface area contributed by atoms with Gasteiger partial charge in [0.1, 0.15) is 0 Å². The van der Waals surface area contributed by atoms with Crippen LogP contribution in [0.4, 0.5) is 0 Å². The van der Waals surface area contributed by atoms with Crippen LogP contribution in [0.25, 0.3) is 11.6 Å². The van der Waals surface area contributed by atoms with Crippen LogP contribution in [-0.4, -0.2) is 32.8 Å². The number of aromatic nitrogens is 4. The Morgan fingerprint density at radius 2 is 2.47 bits per heavy atom. The Morgan fingerprint density at radius 3 is 3.21 bits per heavy atom. The number of nitrogens with one attached hydrogen (secondary N) is 1. The van der Waals surface area contributed by atoms with Gasteiger partial charge in [0.05, 0.1) is 0 Å². The van der Waals surface area contributed by atoms with Gasteiger partial charge < -0.3 is 14.4 Å². The summed E-state index contributed by atoms with van der Waals surface area (Å²) in [5.74, 6) is 2.76. The Balaban J connectivity index is 1.60. The molecular weight excluding hydrogens is 242 g/mol. The first-order valence-corrected chi connectivity index (χ1v) is 6.84. The van der Waals surface area contributed by atoms with Crippen LogP contribution in [0, 0.1) is 5.92 Å². The zero-order valence-corrected chi connectivity index (χ0v) is 11.2. The van der Waals surface area contributed by atoms with E-state index in [1.807, 2.05) is 17.8 Å². The molecule has 2 aromatic heterocycles. The molecule has 3 rings (SSSR count). The van der Waals surface area contributed by atoms with Crippen molar-refractivity contribution in [2.24, 2.45) is 13.0 Å². The van der Waals surface area contributed by atoms with Gasteiger partial charge in [0.15, 0.2) is 5.82 Å². The minimum absolute atomic E-state index is 0.573. The van der Waals surface area contributed by atoms with E-state index in [1.54, 1.807) is 6.20 Å². The van der Waals surface area contributed by atoms with Crippen LogP contribution in [0.2, 0.25) is 0 Å². The van der Waals surface area contributed by atoms with Crippen LogP contribution in [0.1, 0.15) is 25.2 Å². The number of hydrogen-bond acceptors (Lipinski definition) is 5. The fraction of sp³-hybridized carbons (Fsp3) is 0.615. The molecule has 0 aromatic carbocycles. The second-order valence-corrected chi connectivity index (χ2v) is 5.12. The van der Waals surface area contributed by atoms with E-state index in [1.165, 1.54) is 12.8 Å². The average Bonchev–Trinajstić information content (AvgIpc) is 3.06. The molecule has 2 aromatic rings. The minimum Gasteiger partial charge on any atom is -0.339 e. The number of rotatable bonds is 4. The van der Waals surface area contributed by atoms with E-state index >= 15 is 0 Å². The molecule has 19 heavy (non-hydrogen) atoms. The van der Waals surface area contributed by atoms with Crippen molar-refractivity contribution in [3.8, 4) is 11.6 Å². The molecule has 0 saturated carbocycles. The smallest absolute Gasteiger partial charge is 0.238 e. The Hall–Kier alpha value is -1.69. The monoisotopic (exact) mass is 261 g/mol. The van der Waals surface area contributed by atoms with Crippen molar-refractivity contribution in [1.29, 1.82) is 0 Å². The summed E-state index contributed by atoms with van der Waals surface area (Å²) in [5.41, 5.74) is 0. The summed E-state index contributed by atoms with van der Waals surface area (Å²) in [7, 11) is 1.92. The molecule has 1 fully saturated rings. The highest BCUT2D eigenvalue weighted by Gasteiger charge is 2.16. The standard InChI is InChI=1S/C13H19N5O/c1-18-8-7-15-13(18)12-16-11(19-17-12)5-4-10-3-2-6-14-9-10/h7-8,10,14H,2-6,9H2,1H3. The maximum absolute atomic E-state index is 5.30. The number of hydrogen-bond donors (Lipinski definition) is 1. The van der Waals surface area contributed by atoms with Crippen LogP contribution in [0.5, 0.6) is 0 Å². The third-order valence-corrected chi connectivity index (χ3v) is 3.65. The summed E-state index contributed by atoms with van der Waals surface area (Å²) in [5, 5.41) is 7.42. The highest BCUT2D eigenvalue weighted by atomic mass is 16.5. The van der Waals surface area contributed by atoms with Crippen molar-refractivity contribution < 1.29 is 4.52 Å². The third-order valence-electron chi connectivity index (χ3n) is 3.65. The molecule has 1 aliphatic heterocycles. The van der Waals surface area contributed by atoms with E-state index < -0.39 is 0 Å².